The zero-order chi connectivity index (χ0) is 13.5. The minimum Gasteiger partial charge on any atom is -0.440 e. The number of rotatable bonds is 2. The molecule has 1 aliphatic rings. The minimum atomic E-state index is -0.0437. The van der Waals surface area contributed by atoms with Gasteiger partial charge in [0.15, 0.2) is 5.58 Å². The van der Waals surface area contributed by atoms with Crippen LogP contribution in [0.25, 0.3) is 11.1 Å². The average molecular weight is 258 g/mol. The highest BCUT2D eigenvalue weighted by Crippen LogP contribution is 2.41. The van der Waals surface area contributed by atoms with Gasteiger partial charge in [-0.15, -0.1) is 0 Å². The van der Waals surface area contributed by atoms with Crippen LogP contribution < -0.4 is 5.73 Å². The number of oxazole rings is 1. The van der Waals surface area contributed by atoms with Crippen LogP contribution in [-0.2, 0) is 5.41 Å². The van der Waals surface area contributed by atoms with Gasteiger partial charge >= 0.3 is 0 Å². The second-order valence-corrected chi connectivity index (χ2v) is 6.11. The van der Waals surface area contributed by atoms with E-state index in [1.54, 1.807) is 0 Å². The molecular weight excluding hydrogens is 236 g/mol. The molecule has 2 aromatic rings. The predicted octanol–water partition coefficient (Wildman–Crippen LogP) is 3.54. The lowest BCUT2D eigenvalue weighted by Crippen LogP contribution is -2.38. The van der Waals surface area contributed by atoms with Gasteiger partial charge in [-0.05, 0) is 50.2 Å². The molecule has 0 radical (unpaired) electrons. The van der Waals surface area contributed by atoms with Crippen LogP contribution in [0.2, 0.25) is 0 Å². The van der Waals surface area contributed by atoms with Crippen molar-refractivity contribution in [3.63, 3.8) is 0 Å². The molecule has 3 rings (SSSR count). The van der Waals surface area contributed by atoms with Crippen LogP contribution in [-0.4, -0.2) is 11.5 Å². The normalized spacial score (nSPS) is 27.8. The molecule has 1 aromatic heterocycles. The molecule has 19 heavy (non-hydrogen) atoms. The van der Waals surface area contributed by atoms with Gasteiger partial charge in [0.2, 0.25) is 5.89 Å². The fourth-order valence-electron chi connectivity index (χ4n) is 3.13. The molecule has 1 aliphatic carbocycles. The maximum absolute atomic E-state index is 6.08. The Kier molecular flexibility index (Phi) is 3.09. The topological polar surface area (TPSA) is 52.0 Å². The molecule has 0 bridgehead atoms. The van der Waals surface area contributed by atoms with Gasteiger partial charge < -0.3 is 10.2 Å². The van der Waals surface area contributed by atoms with Crippen molar-refractivity contribution >= 4 is 11.1 Å². The predicted molar refractivity (Wildman–Crippen MR) is 77.1 cm³/mol. The number of benzene rings is 1. The van der Waals surface area contributed by atoms with E-state index in [1.807, 2.05) is 12.1 Å². The number of hydrogen-bond acceptors (Lipinski definition) is 3. The van der Waals surface area contributed by atoms with Crippen LogP contribution in [0.15, 0.2) is 22.6 Å². The van der Waals surface area contributed by atoms with Crippen molar-refractivity contribution in [2.24, 2.45) is 11.7 Å². The van der Waals surface area contributed by atoms with E-state index in [0.29, 0.717) is 6.54 Å². The molecule has 1 saturated carbocycles. The maximum Gasteiger partial charge on any atom is 0.202 e. The van der Waals surface area contributed by atoms with Crippen LogP contribution in [0, 0.1) is 12.8 Å². The van der Waals surface area contributed by atoms with Crippen molar-refractivity contribution in [1.82, 2.24) is 4.98 Å². The van der Waals surface area contributed by atoms with E-state index in [2.05, 4.69) is 19.9 Å². The van der Waals surface area contributed by atoms with Gasteiger partial charge in [0, 0.05) is 6.54 Å². The third kappa shape index (κ3) is 2.06. The number of hydrogen-bond donors (Lipinski definition) is 1. The van der Waals surface area contributed by atoms with Gasteiger partial charge in [0.05, 0.1) is 5.41 Å². The molecule has 0 saturated heterocycles. The van der Waals surface area contributed by atoms with E-state index in [-0.39, 0.29) is 5.41 Å². The number of aromatic nitrogens is 1. The van der Waals surface area contributed by atoms with Gasteiger partial charge in [0.25, 0.3) is 0 Å². The van der Waals surface area contributed by atoms with Crippen LogP contribution in [0.5, 0.6) is 0 Å². The summed E-state index contributed by atoms with van der Waals surface area (Å²) in [6, 6.07) is 6.09. The van der Waals surface area contributed by atoms with E-state index in [0.717, 1.165) is 35.7 Å². The number of para-hydroxylation sites is 1. The molecule has 0 aliphatic heterocycles. The van der Waals surface area contributed by atoms with Crippen molar-refractivity contribution in [3.8, 4) is 0 Å². The molecule has 102 valence electrons. The number of nitrogens with zero attached hydrogens (tertiary/aromatic N) is 1. The number of fused-ring (bicyclic) bond motifs is 1. The second kappa shape index (κ2) is 4.64. The Morgan fingerprint density at radius 3 is 2.74 bits per heavy atom. The summed E-state index contributed by atoms with van der Waals surface area (Å²) < 4.78 is 6.03. The van der Waals surface area contributed by atoms with Crippen LogP contribution in [0.4, 0.5) is 0 Å². The summed E-state index contributed by atoms with van der Waals surface area (Å²) in [5.41, 5.74) is 9.08. The highest BCUT2D eigenvalue weighted by atomic mass is 16.3. The van der Waals surface area contributed by atoms with Crippen LogP contribution >= 0.6 is 0 Å². The molecule has 3 nitrogen and oxygen atoms in total. The SMILES string of the molecule is Cc1cccc2oc(C3(CN)CCC(C)CC3)nc12. The Hall–Kier alpha value is -1.35. The lowest BCUT2D eigenvalue weighted by molar-refractivity contribution is 0.210. The van der Waals surface area contributed by atoms with Gasteiger partial charge in [0.1, 0.15) is 5.52 Å². The molecule has 2 N–H and O–H groups in total. The highest BCUT2D eigenvalue weighted by Gasteiger charge is 2.39. The van der Waals surface area contributed by atoms with Crippen molar-refractivity contribution < 1.29 is 4.42 Å². The Morgan fingerprint density at radius 1 is 1.37 bits per heavy atom. The van der Waals surface area contributed by atoms with E-state index in [1.165, 1.54) is 18.4 Å². The second-order valence-electron chi connectivity index (χ2n) is 6.11. The fourth-order valence-corrected chi connectivity index (χ4v) is 3.13. The number of nitrogens with two attached hydrogens (primary N) is 1. The molecule has 3 heteroatoms. The largest absolute Gasteiger partial charge is 0.440 e. The smallest absolute Gasteiger partial charge is 0.202 e. The lowest BCUT2D eigenvalue weighted by atomic mass is 9.71. The Bertz CT molecular complexity index is 579. The van der Waals surface area contributed by atoms with E-state index in [9.17, 15) is 0 Å². The van der Waals surface area contributed by atoms with Crippen molar-refractivity contribution in [3.05, 3.63) is 29.7 Å². The summed E-state index contributed by atoms with van der Waals surface area (Å²) in [6.45, 7) is 5.02. The molecule has 0 atom stereocenters. The monoisotopic (exact) mass is 258 g/mol. The zero-order valence-corrected chi connectivity index (χ0v) is 11.8. The summed E-state index contributed by atoms with van der Waals surface area (Å²) >= 11 is 0. The van der Waals surface area contributed by atoms with Gasteiger partial charge in [-0.25, -0.2) is 4.98 Å². The summed E-state index contributed by atoms with van der Waals surface area (Å²) in [5.74, 6) is 1.65. The van der Waals surface area contributed by atoms with Crippen LogP contribution in [0.1, 0.15) is 44.1 Å². The Morgan fingerprint density at radius 2 is 2.11 bits per heavy atom. The first-order valence-electron chi connectivity index (χ1n) is 7.21. The van der Waals surface area contributed by atoms with Crippen LogP contribution in [0.3, 0.4) is 0 Å². The molecule has 0 amide bonds. The first-order valence-corrected chi connectivity index (χ1v) is 7.21. The quantitative estimate of drug-likeness (QED) is 0.896. The van der Waals surface area contributed by atoms with Gasteiger partial charge in [-0.1, -0.05) is 19.1 Å². The lowest BCUT2D eigenvalue weighted by Gasteiger charge is -2.35. The van der Waals surface area contributed by atoms with E-state index >= 15 is 0 Å². The first-order chi connectivity index (χ1) is 9.14. The summed E-state index contributed by atoms with van der Waals surface area (Å²) in [5, 5.41) is 0. The van der Waals surface area contributed by atoms with Gasteiger partial charge in [-0.2, -0.15) is 0 Å². The van der Waals surface area contributed by atoms with Crippen molar-refractivity contribution in [2.75, 3.05) is 6.54 Å². The number of aryl methyl sites for hydroxylation is 1. The molecule has 1 heterocycles. The zero-order valence-electron chi connectivity index (χ0n) is 11.8. The summed E-state index contributed by atoms with van der Waals surface area (Å²) in [4.78, 5) is 4.76. The summed E-state index contributed by atoms with van der Waals surface area (Å²) in [6.07, 6.45) is 4.62. The van der Waals surface area contributed by atoms with Crippen molar-refractivity contribution in [2.45, 2.75) is 44.9 Å². The molecule has 1 aromatic carbocycles. The molecular formula is C16H22N2O. The Balaban J connectivity index is 2.04. The maximum atomic E-state index is 6.08. The van der Waals surface area contributed by atoms with Gasteiger partial charge in [-0.3, -0.25) is 0 Å². The third-order valence-corrected chi connectivity index (χ3v) is 4.70. The molecule has 0 spiro atoms. The highest BCUT2D eigenvalue weighted by molar-refractivity contribution is 5.76. The van der Waals surface area contributed by atoms with Crippen molar-refractivity contribution in [1.29, 1.82) is 0 Å². The van der Waals surface area contributed by atoms with E-state index < -0.39 is 0 Å². The fraction of sp³-hybridized carbons (Fsp3) is 0.562. The molecule has 0 unspecified atom stereocenters. The molecule has 1 fully saturated rings. The average Bonchev–Trinajstić information content (AvgIpc) is 2.86. The first kappa shape index (κ1) is 12.7. The standard InChI is InChI=1S/C16H22N2O/c1-11-6-8-16(10-17,9-7-11)15-18-14-12(2)4-3-5-13(14)19-15/h3-5,11H,6-10,17H2,1-2H3. The summed E-state index contributed by atoms with van der Waals surface area (Å²) in [7, 11) is 0. The minimum absolute atomic E-state index is 0.0437. The third-order valence-electron chi connectivity index (χ3n) is 4.70. The Labute approximate surface area is 114 Å². The van der Waals surface area contributed by atoms with E-state index in [4.69, 9.17) is 15.1 Å².